The van der Waals surface area contributed by atoms with Crippen molar-refractivity contribution >= 4 is 11.9 Å². The third-order valence-corrected chi connectivity index (χ3v) is 5.87. The SMILES string of the molecule is O=C(O)C(F)(F)F.O=C(c1[nH]ncc1C1CCCNC1)N1CCCC(C2(C(F)(F)F)N=N2)C1. The van der Waals surface area contributed by atoms with Gasteiger partial charge in [-0.05, 0) is 32.2 Å². The number of H-pyrrole nitrogens is 1. The van der Waals surface area contributed by atoms with Crippen LogP contribution in [-0.4, -0.2) is 76.3 Å². The number of carbonyl (C=O) groups is 2. The van der Waals surface area contributed by atoms with E-state index in [1.54, 1.807) is 6.20 Å². The van der Waals surface area contributed by atoms with Crippen molar-refractivity contribution in [3.63, 3.8) is 0 Å². The van der Waals surface area contributed by atoms with Crippen LogP contribution < -0.4 is 5.32 Å². The van der Waals surface area contributed by atoms with Crippen LogP contribution in [0.4, 0.5) is 26.3 Å². The summed E-state index contributed by atoms with van der Waals surface area (Å²) in [5.41, 5.74) is -1.07. The lowest BCUT2D eigenvalue weighted by Crippen LogP contribution is -2.50. The van der Waals surface area contributed by atoms with Crippen LogP contribution in [0.15, 0.2) is 16.4 Å². The Balaban J connectivity index is 0.000000383. The van der Waals surface area contributed by atoms with E-state index in [1.807, 2.05) is 0 Å². The highest BCUT2D eigenvalue weighted by Gasteiger charge is 2.68. The molecule has 2 atom stereocenters. The molecule has 3 aliphatic heterocycles. The molecular formula is C18H22F6N6O3. The average Bonchev–Trinajstić information content (AvgIpc) is 3.45. The largest absolute Gasteiger partial charge is 0.490 e. The van der Waals surface area contributed by atoms with Crippen LogP contribution in [0.3, 0.4) is 0 Å². The number of carbonyl (C=O) groups excluding carboxylic acids is 1. The molecule has 15 heteroatoms. The lowest BCUT2D eigenvalue weighted by atomic mass is 9.86. The van der Waals surface area contributed by atoms with Crippen molar-refractivity contribution in [2.75, 3.05) is 26.2 Å². The van der Waals surface area contributed by atoms with Gasteiger partial charge in [0.25, 0.3) is 11.6 Å². The summed E-state index contributed by atoms with van der Waals surface area (Å²) in [7, 11) is 0. The van der Waals surface area contributed by atoms with Crippen molar-refractivity contribution in [3.05, 3.63) is 17.5 Å². The van der Waals surface area contributed by atoms with Crippen molar-refractivity contribution in [1.29, 1.82) is 0 Å². The van der Waals surface area contributed by atoms with Gasteiger partial charge in [0.05, 0.1) is 6.20 Å². The highest BCUT2D eigenvalue weighted by atomic mass is 19.4. The van der Waals surface area contributed by atoms with Gasteiger partial charge < -0.3 is 15.3 Å². The van der Waals surface area contributed by atoms with E-state index in [0.29, 0.717) is 25.1 Å². The Kier molecular flexibility index (Phi) is 7.00. The van der Waals surface area contributed by atoms with Crippen molar-refractivity contribution in [1.82, 2.24) is 20.4 Å². The van der Waals surface area contributed by atoms with Gasteiger partial charge in [-0.2, -0.15) is 31.4 Å². The number of halogens is 6. The molecular weight excluding hydrogens is 462 g/mol. The van der Waals surface area contributed by atoms with Crippen LogP contribution in [0, 0.1) is 5.92 Å². The maximum Gasteiger partial charge on any atom is 0.490 e. The number of amides is 1. The molecule has 4 heterocycles. The van der Waals surface area contributed by atoms with Gasteiger partial charge in [0, 0.05) is 37.0 Å². The number of nitrogens with one attached hydrogen (secondary N) is 2. The van der Waals surface area contributed by atoms with E-state index in [9.17, 15) is 31.1 Å². The predicted octanol–water partition coefficient (Wildman–Crippen LogP) is 3.09. The molecule has 0 saturated carbocycles. The molecule has 2 fully saturated rings. The first-order valence-corrected chi connectivity index (χ1v) is 10.2. The molecule has 4 rings (SSSR count). The van der Waals surface area contributed by atoms with Crippen LogP contribution >= 0.6 is 0 Å². The fourth-order valence-corrected chi connectivity index (χ4v) is 4.10. The fourth-order valence-electron chi connectivity index (χ4n) is 4.10. The summed E-state index contributed by atoms with van der Waals surface area (Å²) in [4.78, 5) is 23.3. The van der Waals surface area contributed by atoms with E-state index in [1.165, 1.54) is 4.90 Å². The molecule has 2 saturated heterocycles. The van der Waals surface area contributed by atoms with E-state index in [2.05, 4.69) is 25.7 Å². The molecule has 1 amide bonds. The number of hydrogen-bond acceptors (Lipinski definition) is 6. The quantitative estimate of drug-likeness (QED) is 0.569. The number of rotatable bonds is 3. The van der Waals surface area contributed by atoms with Gasteiger partial charge >= 0.3 is 18.3 Å². The standard InChI is InChI=1S/C16H21F3N6O.C2HF3O2/c17-16(18,19)15(23-24-15)11-4-2-6-25(9-11)14(26)13-12(8-21-22-13)10-3-1-5-20-7-10;3-2(4,5)1(6)7/h8,10-11,20H,1-7,9H2,(H,21,22);(H,6,7). The van der Waals surface area contributed by atoms with Gasteiger partial charge in [-0.3, -0.25) is 9.89 Å². The van der Waals surface area contributed by atoms with Crippen molar-refractivity contribution in [2.45, 2.75) is 49.6 Å². The summed E-state index contributed by atoms with van der Waals surface area (Å²) < 4.78 is 71.6. The van der Waals surface area contributed by atoms with Crippen molar-refractivity contribution < 1.29 is 41.0 Å². The number of carboxylic acid groups (broad SMARTS) is 1. The molecule has 3 N–H and O–H groups in total. The number of aromatic amines is 1. The second-order valence-corrected chi connectivity index (χ2v) is 8.06. The van der Waals surface area contributed by atoms with E-state index in [4.69, 9.17) is 9.90 Å². The molecule has 0 bridgehead atoms. The number of hydrogen-bond donors (Lipinski definition) is 3. The minimum Gasteiger partial charge on any atom is -0.475 e. The molecule has 0 spiro atoms. The third-order valence-electron chi connectivity index (χ3n) is 5.87. The number of alkyl halides is 6. The Morgan fingerprint density at radius 2 is 1.79 bits per heavy atom. The molecule has 0 aliphatic carbocycles. The topological polar surface area (TPSA) is 123 Å². The first-order valence-electron chi connectivity index (χ1n) is 10.2. The van der Waals surface area contributed by atoms with Gasteiger partial charge in [-0.25, -0.2) is 4.79 Å². The van der Waals surface area contributed by atoms with Crippen molar-refractivity contribution in [2.24, 2.45) is 16.1 Å². The molecule has 9 nitrogen and oxygen atoms in total. The van der Waals surface area contributed by atoms with Gasteiger partial charge in [0.15, 0.2) is 0 Å². The Morgan fingerprint density at radius 3 is 2.30 bits per heavy atom. The number of likely N-dealkylation sites (tertiary alicyclic amines) is 1. The first-order chi connectivity index (χ1) is 15.4. The van der Waals surface area contributed by atoms with Gasteiger partial charge in [0.1, 0.15) is 5.69 Å². The maximum absolute atomic E-state index is 13.3. The highest BCUT2D eigenvalue weighted by Crippen LogP contribution is 2.52. The Hall–Kier alpha value is -2.71. The predicted molar refractivity (Wildman–Crippen MR) is 99.4 cm³/mol. The van der Waals surface area contributed by atoms with Gasteiger partial charge in [0.2, 0.25) is 0 Å². The molecule has 0 radical (unpaired) electrons. The molecule has 1 aromatic heterocycles. The summed E-state index contributed by atoms with van der Waals surface area (Å²) in [6.07, 6.45) is -5.07. The number of nitrogens with zero attached hydrogens (tertiary/aromatic N) is 4. The molecule has 3 aliphatic rings. The van der Waals surface area contributed by atoms with Crippen LogP contribution in [-0.2, 0) is 4.79 Å². The number of aliphatic carboxylic acids is 1. The molecule has 33 heavy (non-hydrogen) atoms. The zero-order valence-electron chi connectivity index (χ0n) is 17.2. The minimum absolute atomic E-state index is 0.00667. The van der Waals surface area contributed by atoms with E-state index < -0.39 is 29.9 Å². The Labute approximate surface area is 183 Å². The molecule has 2 unspecified atom stereocenters. The lowest BCUT2D eigenvalue weighted by molar-refractivity contribution is -0.192. The summed E-state index contributed by atoms with van der Waals surface area (Å²) >= 11 is 0. The average molecular weight is 484 g/mol. The zero-order chi connectivity index (χ0) is 24.4. The Bertz CT molecular complexity index is 887. The van der Waals surface area contributed by atoms with Crippen LogP contribution in [0.1, 0.15) is 47.7 Å². The normalized spacial score (nSPS) is 24.6. The summed E-state index contributed by atoms with van der Waals surface area (Å²) in [6.45, 7) is 2.17. The second kappa shape index (κ2) is 9.27. The number of aromatic nitrogens is 2. The number of carboxylic acids is 1. The highest BCUT2D eigenvalue weighted by molar-refractivity contribution is 5.94. The van der Waals surface area contributed by atoms with E-state index in [0.717, 1.165) is 31.5 Å². The minimum atomic E-state index is -5.08. The summed E-state index contributed by atoms with van der Waals surface area (Å²) in [5, 5.41) is 23.8. The second-order valence-electron chi connectivity index (χ2n) is 8.06. The summed E-state index contributed by atoms with van der Waals surface area (Å²) in [5.74, 6) is -3.67. The molecule has 1 aromatic rings. The first kappa shape index (κ1) is 24.9. The monoisotopic (exact) mass is 484 g/mol. The third kappa shape index (κ3) is 5.45. The van der Waals surface area contributed by atoms with Gasteiger partial charge in [-0.15, -0.1) is 10.2 Å². The zero-order valence-corrected chi connectivity index (χ0v) is 17.2. The molecule has 0 aromatic carbocycles. The Morgan fingerprint density at radius 1 is 1.12 bits per heavy atom. The maximum atomic E-state index is 13.3. The fraction of sp³-hybridized carbons (Fsp3) is 0.722. The molecule has 184 valence electrons. The van der Waals surface area contributed by atoms with Crippen LogP contribution in [0.2, 0.25) is 0 Å². The lowest BCUT2D eigenvalue weighted by Gasteiger charge is -2.35. The van der Waals surface area contributed by atoms with E-state index >= 15 is 0 Å². The van der Waals surface area contributed by atoms with Crippen LogP contribution in [0.5, 0.6) is 0 Å². The van der Waals surface area contributed by atoms with Crippen molar-refractivity contribution in [3.8, 4) is 0 Å². The van der Waals surface area contributed by atoms with Gasteiger partial charge in [-0.1, -0.05) is 0 Å². The van der Waals surface area contributed by atoms with E-state index in [-0.39, 0.29) is 18.4 Å². The smallest absolute Gasteiger partial charge is 0.475 e. The number of piperidine rings is 2. The summed E-state index contributed by atoms with van der Waals surface area (Å²) in [6, 6.07) is 0. The van der Waals surface area contributed by atoms with Crippen LogP contribution in [0.25, 0.3) is 0 Å².